The van der Waals surface area contributed by atoms with Crippen molar-refractivity contribution in [3.63, 3.8) is 0 Å². The minimum Gasteiger partial charge on any atom is -0.303 e. The summed E-state index contributed by atoms with van der Waals surface area (Å²) in [7, 11) is 0. The minimum absolute atomic E-state index is 0.305. The molecule has 0 spiro atoms. The van der Waals surface area contributed by atoms with E-state index in [-0.39, 0.29) is 5.84 Å². The summed E-state index contributed by atoms with van der Waals surface area (Å²) in [6.07, 6.45) is 0. The van der Waals surface area contributed by atoms with Crippen LogP contribution in [0.15, 0.2) is 29.3 Å². The molecule has 1 N–H and O–H groups in total. The van der Waals surface area contributed by atoms with Crippen molar-refractivity contribution in [2.45, 2.75) is 10.7 Å². The average Bonchev–Trinajstić information content (AvgIpc) is 2.29. The Morgan fingerprint density at radius 2 is 1.68 bits per heavy atom. The van der Waals surface area contributed by atoms with Gasteiger partial charge in [0.05, 0.1) is 5.69 Å². The zero-order valence-corrected chi connectivity index (χ0v) is 12.6. The molecule has 0 unspecified atom stereocenters. The van der Waals surface area contributed by atoms with Crippen LogP contribution in [0.25, 0.3) is 0 Å². The number of hydrogen-bond donors (Lipinski definition) is 1. The fourth-order valence-electron chi connectivity index (χ4n) is 1.07. The van der Waals surface area contributed by atoms with Crippen LogP contribution in [0.4, 0.5) is 5.69 Å². The predicted molar refractivity (Wildman–Crippen MR) is 77.6 cm³/mol. The second-order valence-corrected chi connectivity index (χ2v) is 6.15. The maximum absolute atomic E-state index is 11.2. The van der Waals surface area contributed by atoms with Crippen molar-refractivity contribution in [3.05, 3.63) is 29.8 Å². The number of amides is 1. The highest BCUT2D eigenvalue weighted by atomic mass is 35.6. The van der Waals surface area contributed by atoms with Gasteiger partial charge in [-0.25, -0.2) is 4.99 Å². The number of benzene rings is 1. The van der Waals surface area contributed by atoms with Crippen LogP contribution in [-0.2, 0) is 9.59 Å². The number of aliphatic imine (C=N–C) groups is 1. The molecule has 0 atom stereocenters. The highest BCUT2D eigenvalue weighted by Gasteiger charge is 2.31. The van der Waals surface area contributed by atoms with E-state index < -0.39 is 14.9 Å². The van der Waals surface area contributed by atoms with E-state index in [4.69, 9.17) is 46.4 Å². The lowest BCUT2D eigenvalue weighted by molar-refractivity contribution is -0.132. The molecule has 0 aliphatic carbocycles. The van der Waals surface area contributed by atoms with Crippen LogP contribution in [0.2, 0.25) is 0 Å². The van der Waals surface area contributed by atoms with Gasteiger partial charge in [0, 0.05) is 0 Å². The third-order valence-corrected chi connectivity index (χ3v) is 2.66. The third-order valence-electron chi connectivity index (χ3n) is 1.95. The Labute approximate surface area is 129 Å². The van der Waals surface area contributed by atoms with E-state index in [1.54, 1.807) is 24.3 Å². The molecule has 0 saturated heterocycles. The average molecular weight is 342 g/mol. The second kappa shape index (κ2) is 6.57. The molecule has 1 aromatic rings. The lowest BCUT2D eigenvalue weighted by Gasteiger charge is -2.14. The Morgan fingerprint density at radius 3 is 2.11 bits per heavy atom. The molecule has 0 heterocycles. The van der Waals surface area contributed by atoms with Gasteiger partial charge < -0.3 is 5.32 Å². The van der Waals surface area contributed by atoms with Gasteiger partial charge in [-0.05, 0) is 30.7 Å². The second-order valence-electron chi connectivity index (χ2n) is 3.52. The lowest BCUT2D eigenvalue weighted by atomic mass is 10.2. The zero-order chi connectivity index (χ0) is 14.6. The predicted octanol–water partition coefficient (Wildman–Crippen LogP) is 3.28. The van der Waals surface area contributed by atoms with Gasteiger partial charge in [0.15, 0.2) is 5.84 Å². The quantitative estimate of drug-likeness (QED) is 0.295. The van der Waals surface area contributed by atoms with Crippen LogP contribution in [0.5, 0.6) is 0 Å². The largest absolute Gasteiger partial charge is 0.310 e. The Morgan fingerprint density at radius 1 is 1.16 bits per heavy atom. The number of carbonyl (C=O) groups excluding carboxylic acids is 2. The van der Waals surface area contributed by atoms with Gasteiger partial charge in [-0.3, -0.25) is 9.59 Å². The fraction of sp³-hybridized carbons (Fsp3) is 0.182. The van der Waals surface area contributed by atoms with Crippen molar-refractivity contribution in [2.24, 2.45) is 4.99 Å². The molecule has 0 aliphatic rings. The van der Waals surface area contributed by atoms with Crippen molar-refractivity contribution >= 4 is 69.1 Å². The number of halogens is 4. The summed E-state index contributed by atoms with van der Waals surface area (Å²) in [5.41, 5.74) is 1.48. The molecule has 102 valence electrons. The maximum atomic E-state index is 11.2. The van der Waals surface area contributed by atoms with Crippen LogP contribution in [-0.4, -0.2) is 20.8 Å². The summed E-state index contributed by atoms with van der Waals surface area (Å²) in [5.74, 6) is -1.43. The van der Waals surface area contributed by atoms with Gasteiger partial charge in [0.25, 0.3) is 0 Å². The number of alkyl halides is 3. The van der Waals surface area contributed by atoms with E-state index in [0.717, 1.165) is 5.56 Å². The molecular formula is C11H8Cl4N2O2. The highest BCUT2D eigenvalue weighted by Crippen LogP contribution is 2.29. The van der Waals surface area contributed by atoms with Gasteiger partial charge in [0.1, 0.15) is 0 Å². The van der Waals surface area contributed by atoms with Crippen molar-refractivity contribution in [2.75, 3.05) is 0 Å². The molecule has 1 amide bonds. The highest BCUT2D eigenvalue weighted by molar-refractivity contribution is 6.82. The normalized spacial score (nSPS) is 12.2. The Hall–Kier alpha value is -0.810. The van der Waals surface area contributed by atoms with E-state index in [2.05, 4.69) is 10.3 Å². The van der Waals surface area contributed by atoms with Gasteiger partial charge in [-0.2, -0.15) is 0 Å². The van der Waals surface area contributed by atoms with Gasteiger partial charge in [-0.1, -0.05) is 52.5 Å². The van der Waals surface area contributed by atoms with Crippen LogP contribution in [0, 0.1) is 6.92 Å². The summed E-state index contributed by atoms with van der Waals surface area (Å²) in [5, 5.41) is 0.823. The van der Waals surface area contributed by atoms with E-state index >= 15 is 0 Å². The van der Waals surface area contributed by atoms with Gasteiger partial charge in [-0.15, -0.1) is 0 Å². The van der Waals surface area contributed by atoms with Crippen molar-refractivity contribution in [1.82, 2.24) is 5.32 Å². The molecule has 0 radical (unpaired) electrons. The van der Waals surface area contributed by atoms with Crippen LogP contribution < -0.4 is 5.32 Å². The minimum atomic E-state index is -1.99. The number of carbonyl (C=O) groups is 2. The first-order valence-electron chi connectivity index (χ1n) is 4.93. The van der Waals surface area contributed by atoms with Crippen LogP contribution in [0.3, 0.4) is 0 Å². The molecule has 8 heteroatoms. The van der Waals surface area contributed by atoms with E-state index in [0.29, 0.717) is 5.69 Å². The number of nitrogens with zero attached hydrogens (tertiary/aromatic N) is 1. The number of rotatable bonds is 2. The SMILES string of the molecule is Cc1ccc(N=C(NC(=O)C(=O)Cl)C(Cl)(Cl)Cl)cc1. The topological polar surface area (TPSA) is 58.5 Å². The van der Waals surface area contributed by atoms with Crippen molar-refractivity contribution in [1.29, 1.82) is 0 Å². The molecule has 0 bridgehead atoms. The molecule has 1 aromatic carbocycles. The first-order chi connectivity index (χ1) is 8.70. The Kier molecular flexibility index (Phi) is 5.62. The third kappa shape index (κ3) is 5.37. The molecule has 0 saturated carbocycles. The summed E-state index contributed by atoms with van der Waals surface area (Å²) < 4.78 is -1.99. The van der Waals surface area contributed by atoms with E-state index in [1.165, 1.54) is 0 Å². The molecule has 1 rings (SSSR count). The maximum Gasteiger partial charge on any atom is 0.310 e. The monoisotopic (exact) mass is 340 g/mol. The summed E-state index contributed by atoms with van der Waals surface area (Å²) in [6, 6.07) is 6.92. The number of amidine groups is 1. The standard InChI is InChI=1S/C11H8Cl4N2O2/c1-6-2-4-7(5-3-6)16-10(11(13,14)15)17-9(19)8(12)18/h2-5H,1H3,(H,16,17,19). The van der Waals surface area contributed by atoms with Gasteiger partial charge in [0.2, 0.25) is 3.79 Å². The molecule has 0 aromatic heterocycles. The van der Waals surface area contributed by atoms with Crippen molar-refractivity contribution in [3.8, 4) is 0 Å². The number of nitrogens with one attached hydrogen (secondary N) is 1. The van der Waals surface area contributed by atoms with E-state index in [1.807, 2.05) is 6.92 Å². The van der Waals surface area contributed by atoms with E-state index in [9.17, 15) is 9.59 Å². The first-order valence-corrected chi connectivity index (χ1v) is 6.44. The summed E-state index contributed by atoms with van der Waals surface area (Å²) in [6.45, 7) is 1.90. The molecule has 19 heavy (non-hydrogen) atoms. The zero-order valence-electron chi connectivity index (χ0n) is 9.58. The molecule has 0 aliphatic heterocycles. The Balaban J connectivity index is 3.07. The Bertz CT molecular complexity index is 520. The van der Waals surface area contributed by atoms with Crippen LogP contribution in [0.1, 0.15) is 5.56 Å². The summed E-state index contributed by atoms with van der Waals surface area (Å²) in [4.78, 5) is 25.8. The molecular weight excluding hydrogens is 334 g/mol. The molecule has 0 fully saturated rings. The summed E-state index contributed by atoms with van der Waals surface area (Å²) >= 11 is 22.0. The molecule has 4 nitrogen and oxygen atoms in total. The lowest BCUT2D eigenvalue weighted by Crippen LogP contribution is -2.41. The first kappa shape index (κ1) is 16.2. The number of aryl methyl sites for hydroxylation is 1. The number of hydrogen-bond acceptors (Lipinski definition) is 3. The van der Waals surface area contributed by atoms with Crippen molar-refractivity contribution < 1.29 is 9.59 Å². The van der Waals surface area contributed by atoms with Crippen LogP contribution >= 0.6 is 46.4 Å². The fourth-order valence-corrected chi connectivity index (χ4v) is 1.38. The van der Waals surface area contributed by atoms with Gasteiger partial charge >= 0.3 is 11.1 Å². The smallest absolute Gasteiger partial charge is 0.303 e.